The second-order valence-corrected chi connectivity index (χ2v) is 5.73. The molecule has 138 valence electrons. The summed E-state index contributed by atoms with van der Waals surface area (Å²) in [5.41, 5.74) is -0.217. The zero-order chi connectivity index (χ0) is 18.7. The lowest BCUT2D eigenvalue weighted by molar-refractivity contribution is -0.121. The Morgan fingerprint density at radius 2 is 2.04 bits per heavy atom. The molecule has 0 bridgehead atoms. The molecule has 0 spiro atoms. The summed E-state index contributed by atoms with van der Waals surface area (Å²) in [5.74, 6) is -0.559. The molecule has 1 N–H and O–H groups in total. The van der Waals surface area contributed by atoms with Crippen molar-refractivity contribution in [1.29, 1.82) is 0 Å². The maximum atomic E-state index is 13.0. The number of nitrogens with one attached hydrogen (secondary N) is 1. The summed E-state index contributed by atoms with van der Waals surface area (Å²) in [7, 11) is 1.57. The molecule has 2 amide bonds. The summed E-state index contributed by atoms with van der Waals surface area (Å²) in [6.07, 6.45) is 0.655. The van der Waals surface area contributed by atoms with Crippen LogP contribution in [0.2, 0.25) is 0 Å². The van der Waals surface area contributed by atoms with Gasteiger partial charge in [-0.25, -0.2) is 18.7 Å². The molecule has 0 atom stereocenters. The number of fused-ring (bicyclic) bond motifs is 1. The number of amides is 2. The average Bonchev–Trinajstić information content (AvgIpc) is 3.10. The van der Waals surface area contributed by atoms with Gasteiger partial charge in [0.05, 0.1) is 6.54 Å². The quantitative estimate of drug-likeness (QED) is 0.715. The van der Waals surface area contributed by atoms with Crippen molar-refractivity contribution in [2.75, 3.05) is 25.2 Å². The number of hydrogen-bond acceptors (Lipinski definition) is 5. The number of nitrogens with zero attached hydrogens (tertiary/aromatic N) is 4. The third-order valence-corrected chi connectivity index (χ3v) is 3.91. The van der Waals surface area contributed by atoms with Crippen LogP contribution < -0.4 is 15.9 Å². The highest BCUT2D eigenvalue weighted by atomic mass is 19.1. The van der Waals surface area contributed by atoms with Gasteiger partial charge in [0, 0.05) is 25.9 Å². The Labute approximate surface area is 148 Å². The number of hydrogen-bond donors (Lipinski definition) is 1. The molecule has 9 nitrogen and oxygen atoms in total. The summed E-state index contributed by atoms with van der Waals surface area (Å²) < 4.78 is 19.8. The highest BCUT2D eigenvalue weighted by Gasteiger charge is 2.33. The average molecular weight is 363 g/mol. The first-order valence-electron chi connectivity index (χ1n) is 8.03. The summed E-state index contributed by atoms with van der Waals surface area (Å²) in [6.45, 7) is 0.747. The maximum Gasteiger partial charge on any atom is 0.354 e. The second-order valence-electron chi connectivity index (χ2n) is 5.73. The molecule has 1 aromatic carbocycles. The summed E-state index contributed by atoms with van der Waals surface area (Å²) in [5, 5.41) is 6.71. The predicted octanol–water partition coefficient (Wildman–Crippen LogP) is 0.325. The predicted molar refractivity (Wildman–Crippen MR) is 89.4 cm³/mol. The first-order valence-corrected chi connectivity index (χ1v) is 8.03. The van der Waals surface area contributed by atoms with E-state index in [9.17, 15) is 18.8 Å². The van der Waals surface area contributed by atoms with Gasteiger partial charge in [-0.2, -0.15) is 9.67 Å². The molecule has 26 heavy (non-hydrogen) atoms. The number of aromatic nitrogens is 3. The minimum absolute atomic E-state index is 0.0716. The van der Waals surface area contributed by atoms with Crippen LogP contribution in [0.25, 0.3) is 0 Å². The number of rotatable bonds is 7. The van der Waals surface area contributed by atoms with Crippen LogP contribution in [-0.4, -0.2) is 46.5 Å². The van der Waals surface area contributed by atoms with E-state index in [0.717, 1.165) is 9.25 Å². The molecule has 0 fully saturated rings. The van der Waals surface area contributed by atoms with Gasteiger partial charge >= 0.3 is 11.7 Å². The normalized spacial score (nSPS) is 13.2. The molecule has 0 aliphatic carbocycles. The molecule has 3 rings (SSSR count). The van der Waals surface area contributed by atoms with Crippen LogP contribution in [0.15, 0.2) is 29.1 Å². The van der Waals surface area contributed by atoms with Gasteiger partial charge in [0.2, 0.25) is 5.91 Å². The summed E-state index contributed by atoms with van der Waals surface area (Å²) >= 11 is 0. The number of methoxy groups -OCH3 is 1. The van der Waals surface area contributed by atoms with Crippen molar-refractivity contribution in [2.24, 2.45) is 0 Å². The van der Waals surface area contributed by atoms with Crippen molar-refractivity contribution < 1.29 is 18.7 Å². The molecule has 2 aromatic rings. The van der Waals surface area contributed by atoms with Crippen LogP contribution in [0.1, 0.15) is 12.2 Å². The summed E-state index contributed by atoms with van der Waals surface area (Å²) in [6, 6.07) is 4.78. The lowest BCUT2D eigenvalue weighted by atomic mass is 10.3. The molecule has 0 radical (unpaired) electrons. The van der Waals surface area contributed by atoms with Gasteiger partial charge in [-0.15, -0.1) is 0 Å². The number of carbonyl (C=O) groups excluding carboxylic acids is 2. The van der Waals surface area contributed by atoms with Gasteiger partial charge in [0.25, 0.3) is 0 Å². The zero-order valence-electron chi connectivity index (χ0n) is 14.1. The van der Waals surface area contributed by atoms with Crippen molar-refractivity contribution >= 4 is 17.6 Å². The molecular weight excluding hydrogens is 345 g/mol. The molecule has 0 saturated carbocycles. The SMILES string of the molecule is COCCCNC(=O)Cn1nc2n(c1=O)C(=O)N(c1ccc(F)cc1)C2. The van der Waals surface area contributed by atoms with Gasteiger partial charge in [-0.3, -0.25) is 9.69 Å². The molecule has 1 aromatic heterocycles. The van der Waals surface area contributed by atoms with Crippen LogP contribution in [-0.2, 0) is 22.6 Å². The highest BCUT2D eigenvalue weighted by molar-refractivity contribution is 5.96. The third-order valence-electron chi connectivity index (χ3n) is 3.91. The van der Waals surface area contributed by atoms with Crippen LogP contribution in [0.4, 0.5) is 14.9 Å². The fourth-order valence-electron chi connectivity index (χ4n) is 2.64. The van der Waals surface area contributed by atoms with Gasteiger partial charge in [0.1, 0.15) is 12.4 Å². The van der Waals surface area contributed by atoms with E-state index in [1.165, 1.54) is 29.2 Å². The van der Waals surface area contributed by atoms with E-state index in [1.54, 1.807) is 7.11 Å². The topological polar surface area (TPSA) is 98.5 Å². The smallest absolute Gasteiger partial charge is 0.354 e. The monoisotopic (exact) mass is 363 g/mol. The Balaban J connectivity index is 1.69. The van der Waals surface area contributed by atoms with E-state index in [4.69, 9.17) is 4.74 Å². The highest BCUT2D eigenvalue weighted by Crippen LogP contribution is 2.22. The Bertz CT molecular complexity index is 874. The molecule has 0 saturated heterocycles. The van der Waals surface area contributed by atoms with Crippen molar-refractivity contribution in [3.05, 3.63) is 46.4 Å². The lowest BCUT2D eigenvalue weighted by Crippen LogP contribution is -2.38. The van der Waals surface area contributed by atoms with Gasteiger partial charge < -0.3 is 10.1 Å². The van der Waals surface area contributed by atoms with Crippen LogP contribution >= 0.6 is 0 Å². The number of carbonyl (C=O) groups is 2. The zero-order valence-corrected chi connectivity index (χ0v) is 14.1. The second kappa shape index (κ2) is 7.48. The van der Waals surface area contributed by atoms with Crippen LogP contribution in [0.3, 0.4) is 0 Å². The third kappa shape index (κ3) is 3.49. The van der Waals surface area contributed by atoms with Crippen molar-refractivity contribution in [3.8, 4) is 0 Å². The first-order chi connectivity index (χ1) is 12.5. The maximum absolute atomic E-state index is 13.0. The number of ether oxygens (including phenoxy) is 1. The molecule has 0 unspecified atom stereocenters. The summed E-state index contributed by atoms with van der Waals surface area (Å²) in [4.78, 5) is 38.0. The van der Waals surface area contributed by atoms with E-state index in [1.807, 2.05) is 0 Å². The van der Waals surface area contributed by atoms with Crippen molar-refractivity contribution in [1.82, 2.24) is 19.7 Å². The Morgan fingerprint density at radius 3 is 2.69 bits per heavy atom. The van der Waals surface area contributed by atoms with Gasteiger partial charge in [-0.05, 0) is 30.7 Å². The number of benzene rings is 1. The van der Waals surface area contributed by atoms with Crippen molar-refractivity contribution in [2.45, 2.75) is 19.5 Å². The Kier molecular flexibility index (Phi) is 5.12. The minimum atomic E-state index is -0.679. The lowest BCUT2D eigenvalue weighted by Gasteiger charge is -2.14. The molecule has 2 heterocycles. The largest absolute Gasteiger partial charge is 0.385 e. The van der Waals surface area contributed by atoms with E-state index in [0.29, 0.717) is 25.3 Å². The number of halogens is 1. The van der Waals surface area contributed by atoms with Crippen molar-refractivity contribution in [3.63, 3.8) is 0 Å². The Morgan fingerprint density at radius 1 is 1.31 bits per heavy atom. The van der Waals surface area contributed by atoms with Gasteiger partial charge in [0.15, 0.2) is 5.82 Å². The van der Waals surface area contributed by atoms with Gasteiger partial charge in [-0.1, -0.05) is 0 Å². The fourth-order valence-corrected chi connectivity index (χ4v) is 2.64. The fraction of sp³-hybridized carbons (Fsp3) is 0.375. The molecular formula is C16H18FN5O4. The molecule has 10 heteroatoms. The molecule has 1 aliphatic heterocycles. The molecule has 1 aliphatic rings. The first kappa shape index (κ1) is 17.8. The van der Waals surface area contributed by atoms with E-state index in [2.05, 4.69) is 10.4 Å². The standard InChI is InChI=1S/C16H18FN5O4/c1-26-8-2-7-18-14(23)10-21-16(25)22-13(19-21)9-20(15(22)24)12-5-3-11(17)4-6-12/h3-6H,2,7-10H2,1H3,(H,18,23). The Hall–Kier alpha value is -3.01. The van der Waals surface area contributed by atoms with E-state index >= 15 is 0 Å². The minimum Gasteiger partial charge on any atom is -0.385 e. The van der Waals surface area contributed by atoms with Crippen LogP contribution in [0, 0.1) is 5.82 Å². The number of anilines is 1. The van der Waals surface area contributed by atoms with E-state index in [-0.39, 0.29) is 24.8 Å². The van der Waals surface area contributed by atoms with Crippen LogP contribution in [0.5, 0.6) is 0 Å². The van der Waals surface area contributed by atoms with E-state index < -0.39 is 17.5 Å².